The van der Waals surface area contributed by atoms with Crippen molar-refractivity contribution < 1.29 is 4.74 Å². The first-order chi connectivity index (χ1) is 7.15. The normalized spacial score (nSPS) is 12.9. The van der Waals surface area contributed by atoms with Gasteiger partial charge >= 0.3 is 0 Å². The first-order valence-electron chi connectivity index (χ1n) is 5.63. The number of ether oxygens (including phenoxy) is 1. The predicted octanol–water partition coefficient (Wildman–Crippen LogP) is 3.13. The molecule has 1 atom stereocenters. The van der Waals surface area contributed by atoms with Gasteiger partial charge in [-0.05, 0) is 30.0 Å². The highest BCUT2D eigenvalue weighted by Crippen LogP contribution is 2.21. The number of benzene rings is 1. The van der Waals surface area contributed by atoms with Crippen LogP contribution in [0.4, 0.5) is 0 Å². The molecule has 0 aliphatic carbocycles. The van der Waals surface area contributed by atoms with Gasteiger partial charge in [0.1, 0.15) is 5.75 Å². The molecule has 2 heteroatoms. The first-order valence-corrected chi connectivity index (χ1v) is 5.63. The minimum Gasteiger partial charge on any atom is -0.494 e. The number of nitrogens with two attached hydrogens (primary N) is 1. The summed E-state index contributed by atoms with van der Waals surface area (Å²) in [5, 5.41) is 0. The van der Waals surface area contributed by atoms with Crippen LogP contribution < -0.4 is 10.5 Å². The molecule has 0 amide bonds. The van der Waals surface area contributed by atoms with Crippen LogP contribution in [0.15, 0.2) is 24.3 Å². The molecular weight excluding hydrogens is 186 g/mol. The van der Waals surface area contributed by atoms with Crippen LogP contribution >= 0.6 is 0 Å². The van der Waals surface area contributed by atoms with E-state index < -0.39 is 0 Å². The Morgan fingerprint density at radius 1 is 1.20 bits per heavy atom. The summed E-state index contributed by atoms with van der Waals surface area (Å²) in [6, 6.07) is 8.21. The molecule has 84 valence electrons. The zero-order chi connectivity index (χ0) is 11.3. The van der Waals surface area contributed by atoms with Crippen molar-refractivity contribution in [2.75, 3.05) is 6.61 Å². The van der Waals surface area contributed by atoms with Gasteiger partial charge in [0.05, 0.1) is 6.61 Å². The fourth-order valence-electron chi connectivity index (χ4n) is 1.39. The van der Waals surface area contributed by atoms with Crippen molar-refractivity contribution in [3.8, 4) is 5.75 Å². The third-order valence-corrected chi connectivity index (χ3v) is 2.46. The molecule has 0 spiro atoms. The molecule has 2 nitrogen and oxygen atoms in total. The van der Waals surface area contributed by atoms with E-state index in [1.165, 1.54) is 5.56 Å². The monoisotopic (exact) mass is 207 g/mol. The molecule has 1 rings (SSSR count). The molecule has 0 aliphatic heterocycles. The summed E-state index contributed by atoms with van der Waals surface area (Å²) in [4.78, 5) is 0. The largest absolute Gasteiger partial charge is 0.494 e. The molecule has 0 aromatic heterocycles. The van der Waals surface area contributed by atoms with Crippen molar-refractivity contribution in [1.82, 2.24) is 0 Å². The topological polar surface area (TPSA) is 35.2 Å². The van der Waals surface area contributed by atoms with Crippen LogP contribution in [0.3, 0.4) is 0 Å². The van der Waals surface area contributed by atoms with Crippen molar-refractivity contribution >= 4 is 0 Å². The van der Waals surface area contributed by atoms with Gasteiger partial charge in [-0.2, -0.15) is 0 Å². The van der Waals surface area contributed by atoms with Crippen LogP contribution in [-0.4, -0.2) is 6.61 Å². The molecule has 15 heavy (non-hydrogen) atoms. The minimum atomic E-state index is 0.116. The quantitative estimate of drug-likeness (QED) is 0.805. The average molecular weight is 207 g/mol. The second-order valence-corrected chi connectivity index (χ2v) is 4.19. The minimum absolute atomic E-state index is 0.116. The zero-order valence-corrected chi connectivity index (χ0v) is 9.86. The highest BCUT2D eigenvalue weighted by Gasteiger charge is 2.09. The lowest BCUT2D eigenvalue weighted by Crippen LogP contribution is -2.16. The molecule has 1 aromatic carbocycles. The fourth-order valence-corrected chi connectivity index (χ4v) is 1.39. The number of hydrogen-bond donors (Lipinski definition) is 1. The van der Waals surface area contributed by atoms with E-state index in [2.05, 4.69) is 32.9 Å². The van der Waals surface area contributed by atoms with E-state index in [4.69, 9.17) is 10.5 Å². The Labute approximate surface area is 92.4 Å². The lowest BCUT2D eigenvalue weighted by Gasteiger charge is -2.16. The summed E-state index contributed by atoms with van der Waals surface area (Å²) in [6.45, 7) is 7.14. The van der Waals surface area contributed by atoms with Gasteiger partial charge in [-0.3, -0.25) is 0 Å². The fraction of sp³-hybridized carbons (Fsp3) is 0.538. The lowest BCUT2D eigenvalue weighted by atomic mass is 9.97. The van der Waals surface area contributed by atoms with Crippen LogP contribution in [0.1, 0.15) is 38.8 Å². The zero-order valence-electron chi connectivity index (χ0n) is 9.86. The number of rotatable bonds is 5. The van der Waals surface area contributed by atoms with Gasteiger partial charge in [0.2, 0.25) is 0 Å². The van der Waals surface area contributed by atoms with Crippen LogP contribution in [0, 0.1) is 5.92 Å². The van der Waals surface area contributed by atoms with Crippen molar-refractivity contribution in [2.45, 2.75) is 33.2 Å². The molecule has 0 saturated heterocycles. The van der Waals surface area contributed by atoms with E-state index >= 15 is 0 Å². The van der Waals surface area contributed by atoms with E-state index in [0.717, 1.165) is 18.8 Å². The SMILES string of the molecule is CCCOc1ccc(C(N)C(C)C)cc1. The lowest BCUT2D eigenvalue weighted by molar-refractivity contribution is 0.317. The van der Waals surface area contributed by atoms with E-state index in [0.29, 0.717) is 5.92 Å². The van der Waals surface area contributed by atoms with E-state index in [9.17, 15) is 0 Å². The highest BCUT2D eigenvalue weighted by molar-refractivity contribution is 5.29. The third-order valence-electron chi connectivity index (χ3n) is 2.46. The molecule has 0 radical (unpaired) electrons. The van der Waals surface area contributed by atoms with E-state index in [-0.39, 0.29) is 6.04 Å². The van der Waals surface area contributed by atoms with Crippen LogP contribution in [-0.2, 0) is 0 Å². The van der Waals surface area contributed by atoms with Gasteiger partial charge < -0.3 is 10.5 Å². The Hall–Kier alpha value is -1.02. The average Bonchev–Trinajstić information content (AvgIpc) is 2.26. The van der Waals surface area contributed by atoms with E-state index in [1.807, 2.05) is 12.1 Å². The Morgan fingerprint density at radius 3 is 2.27 bits per heavy atom. The molecule has 0 aliphatic rings. The molecular formula is C13H21NO. The second-order valence-electron chi connectivity index (χ2n) is 4.19. The molecule has 1 aromatic rings. The highest BCUT2D eigenvalue weighted by atomic mass is 16.5. The molecule has 0 saturated carbocycles. The van der Waals surface area contributed by atoms with Crippen LogP contribution in [0.25, 0.3) is 0 Å². The Bertz CT molecular complexity index is 279. The molecule has 0 heterocycles. The van der Waals surface area contributed by atoms with Crippen LogP contribution in [0.5, 0.6) is 5.75 Å². The smallest absolute Gasteiger partial charge is 0.119 e. The third kappa shape index (κ3) is 3.56. The van der Waals surface area contributed by atoms with Gasteiger partial charge in [0, 0.05) is 6.04 Å². The molecule has 1 unspecified atom stereocenters. The number of hydrogen-bond acceptors (Lipinski definition) is 2. The van der Waals surface area contributed by atoms with Gasteiger partial charge in [0.25, 0.3) is 0 Å². The second kappa shape index (κ2) is 5.76. The van der Waals surface area contributed by atoms with Gasteiger partial charge in [-0.15, -0.1) is 0 Å². The van der Waals surface area contributed by atoms with Crippen molar-refractivity contribution in [3.63, 3.8) is 0 Å². The maximum absolute atomic E-state index is 6.05. The first kappa shape index (κ1) is 12.1. The van der Waals surface area contributed by atoms with Gasteiger partial charge in [-0.25, -0.2) is 0 Å². The van der Waals surface area contributed by atoms with Gasteiger partial charge in [0.15, 0.2) is 0 Å². The molecule has 0 fully saturated rings. The summed E-state index contributed by atoms with van der Waals surface area (Å²) in [5.74, 6) is 1.39. The maximum atomic E-state index is 6.05. The summed E-state index contributed by atoms with van der Waals surface area (Å²) < 4.78 is 5.51. The molecule has 0 bridgehead atoms. The Balaban J connectivity index is 2.63. The summed E-state index contributed by atoms with van der Waals surface area (Å²) in [7, 11) is 0. The summed E-state index contributed by atoms with van der Waals surface area (Å²) >= 11 is 0. The summed E-state index contributed by atoms with van der Waals surface area (Å²) in [6.07, 6.45) is 1.03. The summed E-state index contributed by atoms with van der Waals surface area (Å²) in [5.41, 5.74) is 7.22. The maximum Gasteiger partial charge on any atom is 0.119 e. The van der Waals surface area contributed by atoms with Crippen molar-refractivity contribution in [2.24, 2.45) is 11.7 Å². The molecule has 2 N–H and O–H groups in total. The van der Waals surface area contributed by atoms with Crippen LogP contribution in [0.2, 0.25) is 0 Å². The standard InChI is InChI=1S/C13H21NO/c1-4-9-15-12-7-5-11(6-8-12)13(14)10(2)3/h5-8,10,13H,4,9,14H2,1-3H3. The predicted molar refractivity (Wildman–Crippen MR) is 64.0 cm³/mol. The Morgan fingerprint density at radius 2 is 1.80 bits per heavy atom. The van der Waals surface area contributed by atoms with Gasteiger partial charge in [-0.1, -0.05) is 32.9 Å². The van der Waals surface area contributed by atoms with E-state index in [1.54, 1.807) is 0 Å². The van der Waals surface area contributed by atoms with Crippen molar-refractivity contribution in [3.05, 3.63) is 29.8 Å². The van der Waals surface area contributed by atoms with Crippen molar-refractivity contribution in [1.29, 1.82) is 0 Å². The Kier molecular flexibility index (Phi) is 4.63.